The van der Waals surface area contributed by atoms with E-state index in [0.29, 0.717) is 4.47 Å². The zero-order valence-corrected chi connectivity index (χ0v) is 13.8. The minimum absolute atomic E-state index is 0.162. The van der Waals surface area contributed by atoms with Gasteiger partial charge in [-0.25, -0.2) is 9.18 Å². The third-order valence-electron chi connectivity index (χ3n) is 2.93. The molecule has 2 rings (SSSR count). The van der Waals surface area contributed by atoms with Crippen LogP contribution in [-0.2, 0) is 4.74 Å². The van der Waals surface area contributed by atoms with Crippen molar-refractivity contribution in [3.05, 3.63) is 68.9 Å². The summed E-state index contributed by atoms with van der Waals surface area (Å²) in [6.45, 7) is 1.45. The molecular formula is C16H11BrClFO3. The van der Waals surface area contributed by atoms with Crippen LogP contribution in [0.1, 0.15) is 27.6 Å². The van der Waals surface area contributed by atoms with Gasteiger partial charge in [-0.2, -0.15) is 0 Å². The Kier molecular flexibility index (Phi) is 5.32. The first-order valence-corrected chi connectivity index (χ1v) is 7.51. The Balaban J connectivity index is 2.12. The summed E-state index contributed by atoms with van der Waals surface area (Å²) >= 11 is 9.17. The van der Waals surface area contributed by atoms with Crippen LogP contribution in [0.2, 0.25) is 5.02 Å². The molecule has 1 atom stereocenters. The number of benzene rings is 2. The second kappa shape index (κ2) is 7.03. The number of rotatable bonds is 4. The highest BCUT2D eigenvalue weighted by Gasteiger charge is 2.22. The summed E-state index contributed by atoms with van der Waals surface area (Å²) in [6, 6.07) is 9.78. The van der Waals surface area contributed by atoms with Gasteiger partial charge in [0.2, 0.25) is 5.78 Å². The summed E-state index contributed by atoms with van der Waals surface area (Å²) in [5.74, 6) is -1.56. The molecule has 0 aliphatic heterocycles. The van der Waals surface area contributed by atoms with E-state index in [0.717, 1.165) is 0 Å². The lowest BCUT2D eigenvalue weighted by Crippen LogP contribution is -2.24. The summed E-state index contributed by atoms with van der Waals surface area (Å²) in [5, 5.41) is 0.231. The summed E-state index contributed by atoms with van der Waals surface area (Å²) in [7, 11) is 0. The van der Waals surface area contributed by atoms with Crippen LogP contribution in [0.25, 0.3) is 0 Å². The Hall–Kier alpha value is -1.72. The van der Waals surface area contributed by atoms with E-state index < -0.39 is 23.7 Å². The van der Waals surface area contributed by atoms with Crippen LogP contribution < -0.4 is 0 Å². The Morgan fingerprint density at radius 2 is 1.82 bits per heavy atom. The Labute approximate surface area is 140 Å². The van der Waals surface area contributed by atoms with E-state index in [4.69, 9.17) is 16.3 Å². The number of ketones is 1. The van der Waals surface area contributed by atoms with Gasteiger partial charge < -0.3 is 4.74 Å². The first-order valence-electron chi connectivity index (χ1n) is 6.34. The molecule has 2 aromatic rings. The van der Waals surface area contributed by atoms with Crippen molar-refractivity contribution in [3.8, 4) is 0 Å². The molecule has 0 fully saturated rings. The molecule has 1 unspecified atom stereocenters. The number of Topliss-reactive ketones (excluding diaryl/α,β-unsaturated/α-hetero) is 1. The number of ether oxygens (including phenoxy) is 1. The summed E-state index contributed by atoms with van der Waals surface area (Å²) in [5.41, 5.74) is 0.428. The number of esters is 1. The van der Waals surface area contributed by atoms with E-state index >= 15 is 0 Å². The van der Waals surface area contributed by atoms with Crippen molar-refractivity contribution in [1.29, 1.82) is 0 Å². The van der Waals surface area contributed by atoms with Crippen LogP contribution in [0.15, 0.2) is 46.9 Å². The second-order valence-electron chi connectivity index (χ2n) is 4.54. The van der Waals surface area contributed by atoms with E-state index in [1.807, 2.05) is 0 Å². The average Bonchev–Trinajstić information content (AvgIpc) is 2.49. The van der Waals surface area contributed by atoms with Crippen LogP contribution >= 0.6 is 27.5 Å². The molecule has 0 heterocycles. The maximum absolute atomic E-state index is 12.8. The van der Waals surface area contributed by atoms with Gasteiger partial charge in [0.25, 0.3) is 0 Å². The number of halogens is 3. The molecule has 0 aromatic heterocycles. The second-order valence-corrected chi connectivity index (χ2v) is 5.87. The van der Waals surface area contributed by atoms with Crippen molar-refractivity contribution in [3.63, 3.8) is 0 Å². The highest BCUT2D eigenvalue weighted by atomic mass is 79.9. The van der Waals surface area contributed by atoms with Gasteiger partial charge in [-0.1, -0.05) is 27.5 Å². The Bertz CT molecular complexity index is 716. The zero-order chi connectivity index (χ0) is 16.3. The van der Waals surface area contributed by atoms with Crippen LogP contribution in [0.4, 0.5) is 4.39 Å². The van der Waals surface area contributed by atoms with Crippen molar-refractivity contribution >= 4 is 39.3 Å². The predicted octanol–water partition coefficient (Wildman–Crippen LogP) is 4.67. The Morgan fingerprint density at radius 1 is 1.18 bits per heavy atom. The van der Waals surface area contributed by atoms with Gasteiger partial charge in [0.1, 0.15) is 5.82 Å². The SMILES string of the molecule is CC(OC(=O)c1cc(Br)ccc1Cl)C(=O)c1ccc(F)cc1. The maximum Gasteiger partial charge on any atom is 0.340 e. The maximum atomic E-state index is 12.8. The van der Waals surface area contributed by atoms with Crippen LogP contribution in [0.3, 0.4) is 0 Å². The lowest BCUT2D eigenvalue weighted by atomic mass is 10.1. The molecule has 0 radical (unpaired) electrons. The van der Waals surface area contributed by atoms with E-state index in [1.165, 1.54) is 37.3 Å². The number of carbonyl (C=O) groups excluding carboxylic acids is 2. The van der Waals surface area contributed by atoms with Crippen LogP contribution in [0, 0.1) is 5.82 Å². The standard InChI is InChI=1S/C16H11BrClFO3/c1-9(15(20)10-2-5-12(19)6-3-10)22-16(21)13-8-11(17)4-7-14(13)18/h2-9H,1H3. The first-order chi connectivity index (χ1) is 10.4. The van der Waals surface area contributed by atoms with Crippen molar-refractivity contribution in [1.82, 2.24) is 0 Å². The first kappa shape index (κ1) is 16.6. The fourth-order valence-electron chi connectivity index (χ4n) is 1.78. The molecule has 22 heavy (non-hydrogen) atoms. The van der Waals surface area contributed by atoms with Gasteiger partial charge in [-0.3, -0.25) is 4.79 Å². The molecule has 0 saturated carbocycles. The molecule has 0 aliphatic carbocycles. The smallest absolute Gasteiger partial charge is 0.340 e. The molecule has 3 nitrogen and oxygen atoms in total. The fourth-order valence-corrected chi connectivity index (χ4v) is 2.34. The quantitative estimate of drug-likeness (QED) is 0.567. The molecule has 0 amide bonds. The number of hydrogen-bond acceptors (Lipinski definition) is 3. The lowest BCUT2D eigenvalue weighted by Gasteiger charge is -2.13. The summed E-state index contributed by atoms with van der Waals surface area (Å²) in [4.78, 5) is 24.2. The summed E-state index contributed by atoms with van der Waals surface area (Å²) in [6.07, 6.45) is -1.01. The number of hydrogen-bond donors (Lipinski definition) is 0. The fraction of sp³-hybridized carbons (Fsp3) is 0.125. The van der Waals surface area contributed by atoms with E-state index in [2.05, 4.69) is 15.9 Å². The van der Waals surface area contributed by atoms with E-state index in [-0.39, 0.29) is 16.1 Å². The molecule has 0 saturated heterocycles. The normalized spacial score (nSPS) is 11.8. The van der Waals surface area contributed by atoms with Gasteiger partial charge in [-0.15, -0.1) is 0 Å². The highest BCUT2D eigenvalue weighted by molar-refractivity contribution is 9.10. The molecule has 0 bridgehead atoms. The minimum atomic E-state index is -1.01. The molecular weight excluding hydrogens is 375 g/mol. The van der Waals surface area contributed by atoms with Gasteiger partial charge in [0, 0.05) is 10.0 Å². The van der Waals surface area contributed by atoms with Gasteiger partial charge in [0.15, 0.2) is 6.10 Å². The zero-order valence-electron chi connectivity index (χ0n) is 11.5. The summed E-state index contributed by atoms with van der Waals surface area (Å²) < 4.78 is 18.6. The van der Waals surface area contributed by atoms with Crippen LogP contribution in [-0.4, -0.2) is 17.9 Å². The van der Waals surface area contributed by atoms with Gasteiger partial charge in [0.05, 0.1) is 10.6 Å². The highest BCUT2D eigenvalue weighted by Crippen LogP contribution is 2.22. The molecule has 0 N–H and O–H groups in total. The molecule has 0 aliphatic rings. The van der Waals surface area contributed by atoms with Crippen molar-refractivity contribution in [2.24, 2.45) is 0 Å². The van der Waals surface area contributed by atoms with Crippen LogP contribution in [0.5, 0.6) is 0 Å². The van der Waals surface area contributed by atoms with Gasteiger partial charge in [-0.05, 0) is 49.4 Å². The van der Waals surface area contributed by atoms with Crippen molar-refractivity contribution < 1.29 is 18.7 Å². The average molecular weight is 386 g/mol. The third-order valence-corrected chi connectivity index (χ3v) is 3.75. The molecule has 2 aromatic carbocycles. The molecule has 114 valence electrons. The van der Waals surface area contributed by atoms with E-state index in [9.17, 15) is 14.0 Å². The molecule has 6 heteroatoms. The predicted molar refractivity (Wildman–Crippen MR) is 84.8 cm³/mol. The lowest BCUT2D eigenvalue weighted by molar-refractivity contribution is 0.0319. The van der Waals surface area contributed by atoms with Crippen molar-refractivity contribution in [2.45, 2.75) is 13.0 Å². The van der Waals surface area contributed by atoms with Gasteiger partial charge >= 0.3 is 5.97 Å². The monoisotopic (exact) mass is 384 g/mol. The van der Waals surface area contributed by atoms with Crippen molar-refractivity contribution in [2.75, 3.05) is 0 Å². The topological polar surface area (TPSA) is 43.4 Å². The largest absolute Gasteiger partial charge is 0.451 e. The van der Waals surface area contributed by atoms with E-state index in [1.54, 1.807) is 12.1 Å². The number of carbonyl (C=O) groups is 2. The third kappa shape index (κ3) is 3.93. The minimum Gasteiger partial charge on any atom is -0.451 e. The Morgan fingerprint density at radius 3 is 2.45 bits per heavy atom. The molecule has 0 spiro atoms.